The Morgan fingerprint density at radius 2 is 2.00 bits per heavy atom. The summed E-state index contributed by atoms with van der Waals surface area (Å²) in [5.74, 6) is 0. The van der Waals surface area contributed by atoms with E-state index in [-0.39, 0.29) is 0 Å². The van der Waals surface area contributed by atoms with Gasteiger partial charge in [0.05, 0.1) is 5.69 Å². The highest BCUT2D eigenvalue weighted by Crippen LogP contribution is 2.12. The third kappa shape index (κ3) is 0.958. The van der Waals surface area contributed by atoms with Crippen LogP contribution in [0.25, 0.3) is 11.0 Å². The Balaban J connectivity index is 2.88. The standard InChI is InChI=1S/C8H10N4/c1-5-4-7-8(6(2)9-5)11-12(3)10-7/h4H,1-3H3. The van der Waals surface area contributed by atoms with Crippen molar-refractivity contribution in [2.75, 3.05) is 0 Å². The highest BCUT2D eigenvalue weighted by molar-refractivity contribution is 5.75. The van der Waals surface area contributed by atoms with Crippen LogP contribution < -0.4 is 0 Å². The van der Waals surface area contributed by atoms with E-state index in [0.717, 1.165) is 22.4 Å². The Bertz CT molecular complexity index is 430. The van der Waals surface area contributed by atoms with Gasteiger partial charge in [0.15, 0.2) is 0 Å². The molecule has 0 radical (unpaired) electrons. The van der Waals surface area contributed by atoms with Crippen LogP contribution in [0.2, 0.25) is 0 Å². The molecule has 2 heterocycles. The van der Waals surface area contributed by atoms with Crippen molar-refractivity contribution in [3.8, 4) is 0 Å². The molecule has 4 heteroatoms. The summed E-state index contributed by atoms with van der Waals surface area (Å²) in [6.07, 6.45) is 0. The zero-order valence-electron chi connectivity index (χ0n) is 7.37. The molecule has 0 N–H and O–H groups in total. The largest absolute Gasteiger partial charge is 0.256 e. The van der Waals surface area contributed by atoms with Crippen LogP contribution in [0, 0.1) is 13.8 Å². The van der Waals surface area contributed by atoms with E-state index >= 15 is 0 Å². The van der Waals surface area contributed by atoms with Gasteiger partial charge in [-0.25, -0.2) is 0 Å². The Kier molecular flexibility index (Phi) is 1.36. The lowest BCUT2D eigenvalue weighted by Gasteiger charge is -1.93. The van der Waals surface area contributed by atoms with Gasteiger partial charge in [-0.05, 0) is 19.9 Å². The predicted molar refractivity (Wildman–Crippen MR) is 45.8 cm³/mol. The number of pyridine rings is 1. The van der Waals surface area contributed by atoms with Crippen molar-refractivity contribution in [1.29, 1.82) is 0 Å². The first-order valence-electron chi connectivity index (χ1n) is 3.82. The molecular weight excluding hydrogens is 152 g/mol. The second kappa shape index (κ2) is 2.27. The average molecular weight is 162 g/mol. The van der Waals surface area contributed by atoms with Crippen LogP contribution in [0.3, 0.4) is 0 Å². The summed E-state index contributed by atoms with van der Waals surface area (Å²) >= 11 is 0. The van der Waals surface area contributed by atoms with Crippen molar-refractivity contribution in [1.82, 2.24) is 20.0 Å². The van der Waals surface area contributed by atoms with Gasteiger partial charge in [-0.15, -0.1) is 0 Å². The van der Waals surface area contributed by atoms with E-state index in [1.54, 1.807) is 4.80 Å². The molecule has 0 fully saturated rings. The van der Waals surface area contributed by atoms with Crippen molar-refractivity contribution in [2.45, 2.75) is 13.8 Å². The predicted octanol–water partition coefficient (Wildman–Crippen LogP) is 0.980. The van der Waals surface area contributed by atoms with E-state index in [4.69, 9.17) is 0 Å². The van der Waals surface area contributed by atoms with Crippen LogP contribution in [0.15, 0.2) is 6.07 Å². The van der Waals surface area contributed by atoms with Gasteiger partial charge >= 0.3 is 0 Å². The molecule has 12 heavy (non-hydrogen) atoms. The van der Waals surface area contributed by atoms with Gasteiger partial charge in [0.1, 0.15) is 11.0 Å². The van der Waals surface area contributed by atoms with Crippen LogP contribution in [0.5, 0.6) is 0 Å². The monoisotopic (exact) mass is 162 g/mol. The molecule has 0 aromatic carbocycles. The number of hydrogen-bond donors (Lipinski definition) is 0. The van der Waals surface area contributed by atoms with E-state index in [2.05, 4.69) is 15.2 Å². The Hall–Kier alpha value is -1.45. The summed E-state index contributed by atoms with van der Waals surface area (Å²) in [6.45, 7) is 3.91. The molecule has 0 saturated carbocycles. The lowest BCUT2D eigenvalue weighted by Crippen LogP contribution is -1.91. The number of fused-ring (bicyclic) bond motifs is 1. The molecule has 0 aliphatic heterocycles. The lowest BCUT2D eigenvalue weighted by atomic mass is 10.3. The topological polar surface area (TPSA) is 43.6 Å². The Morgan fingerprint density at radius 3 is 2.75 bits per heavy atom. The molecule has 2 aromatic heterocycles. The van der Waals surface area contributed by atoms with Gasteiger partial charge in [-0.1, -0.05) is 0 Å². The minimum atomic E-state index is 0.892. The first-order chi connectivity index (χ1) is 5.66. The van der Waals surface area contributed by atoms with E-state index in [9.17, 15) is 0 Å². The van der Waals surface area contributed by atoms with Gasteiger partial charge in [-0.2, -0.15) is 15.0 Å². The zero-order valence-corrected chi connectivity index (χ0v) is 7.37. The minimum absolute atomic E-state index is 0.892. The van der Waals surface area contributed by atoms with Crippen LogP contribution in [-0.4, -0.2) is 20.0 Å². The fourth-order valence-corrected chi connectivity index (χ4v) is 1.32. The second-order valence-electron chi connectivity index (χ2n) is 2.91. The van der Waals surface area contributed by atoms with Crippen molar-refractivity contribution in [2.24, 2.45) is 7.05 Å². The highest BCUT2D eigenvalue weighted by Gasteiger charge is 2.04. The van der Waals surface area contributed by atoms with Gasteiger partial charge < -0.3 is 0 Å². The first-order valence-corrected chi connectivity index (χ1v) is 3.82. The van der Waals surface area contributed by atoms with E-state index in [1.165, 1.54) is 0 Å². The third-order valence-electron chi connectivity index (χ3n) is 1.77. The summed E-state index contributed by atoms with van der Waals surface area (Å²) in [7, 11) is 1.81. The smallest absolute Gasteiger partial charge is 0.134 e. The molecular formula is C8H10N4. The van der Waals surface area contributed by atoms with Crippen LogP contribution in [0.1, 0.15) is 11.4 Å². The maximum Gasteiger partial charge on any atom is 0.134 e. The maximum atomic E-state index is 4.30. The molecule has 0 amide bonds. The average Bonchev–Trinajstić information content (AvgIpc) is 2.29. The summed E-state index contributed by atoms with van der Waals surface area (Å²) in [5.41, 5.74) is 3.74. The third-order valence-corrected chi connectivity index (χ3v) is 1.77. The van der Waals surface area contributed by atoms with Gasteiger partial charge in [0.2, 0.25) is 0 Å². The normalized spacial score (nSPS) is 10.9. The molecule has 2 rings (SSSR count). The summed E-state index contributed by atoms with van der Waals surface area (Å²) in [5, 5.41) is 8.40. The highest BCUT2D eigenvalue weighted by atomic mass is 15.5. The molecule has 0 aliphatic rings. The van der Waals surface area contributed by atoms with Crippen molar-refractivity contribution < 1.29 is 0 Å². The van der Waals surface area contributed by atoms with Crippen molar-refractivity contribution in [3.63, 3.8) is 0 Å². The molecule has 0 atom stereocenters. The molecule has 0 spiro atoms. The number of aryl methyl sites for hydroxylation is 3. The van der Waals surface area contributed by atoms with Crippen LogP contribution in [0.4, 0.5) is 0 Å². The quantitative estimate of drug-likeness (QED) is 0.580. The lowest BCUT2D eigenvalue weighted by molar-refractivity contribution is 0.665. The summed E-state index contributed by atoms with van der Waals surface area (Å²) < 4.78 is 0. The maximum absolute atomic E-state index is 4.30. The summed E-state index contributed by atoms with van der Waals surface area (Å²) in [6, 6.07) is 1.94. The number of aromatic nitrogens is 4. The minimum Gasteiger partial charge on any atom is -0.256 e. The van der Waals surface area contributed by atoms with Crippen LogP contribution in [-0.2, 0) is 7.05 Å². The molecule has 0 saturated heterocycles. The SMILES string of the molecule is Cc1cc2nn(C)nc2c(C)n1. The molecule has 4 nitrogen and oxygen atoms in total. The van der Waals surface area contributed by atoms with E-state index in [0.29, 0.717) is 0 Å². The van der Waals surface area contributed by atoms with Crippen molar-refractivity contribution >= 4 is 11.0 Å². The number of hydrogen-bond acceptors (Lipinski definition) is 3. The first kappa shape index (κ1) is 7.21. The molecule has 0 aliphatic carbocycles. The summed E-state index contributed by atoms with van der Waals surface area (Å²) in [4.78, 5) is 5.87. The number of nitrogens with zero attached hydrogens (tertiary/aromatic N) is 4. The Labute approximate surface area is 70.2 Å². The molecule has 2 aromatic rings. The van der Waals surface area contributed by atoms with Gasteiger partial charge in [0, 0.05) is 12.7 Å². The molecule has 0 bridgehead atoms. The Morgan fingerprint density at radius 1 is 1.25 bits per heavy atom. The number of rotatable bonds is 0. The van der Waals surface area contributed by atoms with Crippen molar-refractivity contribution in [3.05, 3.63) is 17.5 Å². The van der Waals surface area contributed by atoms with Crippen LogP contribution >= 0.6 is 0 Å². The van der Waals surface area contributed by atoms with E-state index < -0.39 is 0 Å². The van der Waals surface area contributed by atoms with Gasteiger partial charge in [-0.3, -0.25) is 4.98 Å². The van der Waals surface area contributed by atoms with Gasteiger partial charge in [0.25, 0.3) is 0 Å². The molecule has 0 unspecified atom stereocenters. The fraction of sp³-hybridized carbons (Fsp3) is 0.375. The van der Waals surface area contributed by atoms with E-state index in [1.807, 2.05) is 27.0 Å². The molecule has 62 valence electrons. The second-order valence-corrected chi connectivity index (χ2v) is 2.91. The zero-order chi connectivity index (χ0) is 8.72. The fourth-order valence-electron chi connectivity index (χ4n) is 1.32.